The Balaban J connectivity index is 1.61. The first-order valence-corrected chi connectivity index (χ1v) is 9.21. The number of hydrogen-bond donors (Lipinski definition) is 0. The second-order valence-electron chi connectivity index (χ2n) is 8.02. The zero-order valence-corrected chi connectivity index (χ0v) is 15.2. The Hall–Kier alpha value is -1.14. The van der Waals surface area contributed by atoms with Crippen molar-refractivity contribution in [3.63, 3.8) is 0 Å². The van der Waals surface area contributed by atoms with Crippen molar-refractivity contribution in [2.45, 2.75) is 52.2 Å². The highest BCUT2D eigenvalue weighted by Crippen LogP contribution is 2.33. The molecule has 3 heterocycles. The van der Waals surface area contributed by atoms with E-state index in [1.807, 2.05) is 9.80 Å². The molecule has 0 aromatic rings. The largest absolute Gasteiger partial charge is 0.347 e. The molecule has 3 rings (SSSR count). The van der Waals surface area contributed by atoms with E-state index in [2.05, 4.69) is 6.92 Å². The van der Waals surface area contributed by atoms with Gasteiger partial charge in [0.05, 0.1) is 13.2 Å². The van der Waals surface area contributed by atoms with Gasteiger partial charge in [-0.05, 0) is 32.6 Å². The molecule has 0 radical (unpaired) electrons. The van der Waals surface area contributed by atoms with Gasteiger partial charge >= 0.3 is 0 Å². The Bertz CT molecular complexity index is 489. The summed E-state index contributed by atoms with van der Waals surface area (Å²) >= 11 is 0. The Morgan fingerprint density at radius 3 is 2.17 bits per heavy atom. The minimum atomic E-state index is -1.00. The molecule has 6 nitrogen and oxygen atoms in total. The molecule has 3 aliphatic rings. The van der Waals surface area contributed by atoms with Gasteiger partial charge in [-0.2, -0.15) is 0 Å². The van der Waals surface area contributed by atoms with Crippen LogP contribution in [-0.4, -0.2) is 66.8 Å². The average Bonchev–Trinajstić information content (AvgIpc) is 3.02. The van der Waals surface area contributed by atoms with Crippen LogP contribution in [0.4, 0.5) is 0 Å². The van der Waals surface area contributed by atoms with Gasteiger partial charge in [0.2, 0.25) is 11.8 Å². The Labute approximate surface area is 144 Å². The van der Waals surface area contributed by atoms with E-state index in [9.17, 15) is 9.59 Å². The highest BCUT2D eigenvalue weighted by molar-refractivity contribution is 6.04. The van der Waals surface area contributed by atoms with E-state index in [4.69, 9.17) is 9.47 Å². The van der Waals surface area contributed by atoms with Gasteiger partial charge in [-0.15, -0.1) is 0 Å². The topological polar surface area (TPSA) is 59.1 Å². The molecule has 1 unspecified atom stereocenters. The molecule has 1 spiro atoms. The summed E-state index contributed by atoms with van der Waals surface area (Å²) in [6.07, 6.45) is 3.55. The van der Waals surface area contributed by atoms with Gasteiger partial charge in [-0.1, -0.05) is 6.92 Å². The number of nitrogens with zero attached hydrogens (tertiary/aromatic N) is 2. The quantitative estimate of drug-likeness (QED) is 0.718. The lowest BCUT2D eigenvalue weighted by atomic mass is 9.87. The van der Waals surface area contributed by atoms with Gasteiger partial charge in [-0.3, -0.25) is 9.59 Å². The summed E-state index contributed by atoms with van der Waals surface area (Å²) in [5.41, 5.74) is -1.00. The van der Waals surface area contributed by atoms with Crippen molar-refractivity contribution in [1.82, 2.24) is 9.80 Å². The van der Waals surface area contributed by atoms with Gasteiger partial charge < -0.3 is 19.3 Å². The van der Waals surface area contributed by atoms with Gasteiger partial charge in [0.25, 0.3) is 0 Å². The van der Waals surface area contributed by atoms with Crippen LogP contribution < -0.4 is 0 Å². The number of ether oxygens (including phenoxy) is 2. The van der Waals surface area contributed by atoms with Crippen molar-refractivity contribution in [3.05, 3.63) is 0 Å². The Morgan fingerprint density at radius 1 is 1.00 bits per heavy atom. The highest BCUT2D eigenvalue weighted by Gasteiger charge is 2.46. The number of carbonyl (C=O) groups is 2. The normalized spacial score (nSPS) is 27.5. The van der Waals surface area contributed by atoms with Crippen LogP contribution in [0, 0.1) is 11.3 Å². The molecule has 1 atom stereocenters. The molecular formula is C18H30N2O4. The summed E-state index contributed by atoms with van der Waals surface area (Å²) in [7, 11) is 0. The molecule has 24 heavy (non-hydrogen) atoms. The standard InChI is InChI=1S/C18H30N2O4/c1-14-5-4-8-20(13-14)16(22)17(2,3)15(21)19-9-6-18(7-10-19)23-11-12-24-18/h14H,4-13H2,1-3H3. The van der Waals surface area contributed by atoms with Gasteiger partial charge in [0, 0.05) is 39.0 Å². The van der Waals surface area contributed by atoms with Gasteiger partial charge in [0.1, 0.15) is 5.41 Å². The molecule has 136 valence electrons. The number of likely N-dealkylation sites (tertiary alicyclic amines) is 2. The van der Waals surface area contributed by atoms with E-state index in [1.165, 1.54) is 0 Å². The number of amides is 2. The maximum atomic E-state index is 13.0. The fourth-order valence-corrected chi connectivity index (χ4v) is 4.09. The van der Waals surface area contributed by atoms with Crippen LogP contribution >= 0.6 is 0 Å². The highest BCUT2D eigenvalue weighted by atomic mass is 16.7. The third-order valence-electron chi connectivity index (χ3n) is 5.64. The molecule has 3 aliphatic heterocycles. The molecule has 2 amide bonds. The molecule has 3 saturated heterocycles. The van der Waals surface area contributed by atoms with E-state index in [-0.39, 0.29) is 11.8 Å². The van der Waals surface area contributed by atoms with Crippen LogP contribution in [0.5, 0.6) is 0 Å². The van der Waals surface area contributed by atoms with E-state index >= 15 is 0 Å². The predicted molar refractivity (Wildman–Crippen MR) is 89.2 cm³/mol. The molecule has 3 fully saturated rings. The first-order valence-electron chi connectivity index (χ1n) is 9.21. The molecular weight excluding hydrogens is 308 g/mol. The Kier molecular flexibility index (Phi) is 4.89. The smallest absolute Gasteiger partial charge is 0.237 e. The van der Waals surface area contributed by atoms with Crippen LogP contribution in [0.25, 0.3) is 0 Å². The fourth-order valence-electron chi connectivity index (χ4n) is 4.09. The van der Waals surface area contributed by atoms with Gasteiger partial charge in [0.15, 0.2) is 5.79 Å². The molecule has 0 aliphatic carbocycles. The summed E-state index contributed by atoms with van der Waals surface area (Å²) in [5, 5.41) is 0. The van der Waals surface area contributed by atoms with E-state index < -0.39 is 11.2 Å². The number of rotatable bonds is 2. The van der Waals surface area contributed by atoms with Crippen LogP contribution in [-0.2, 0) is 19.1 Å². The zero-order chi connectivity index (χ0) is 17.4. The van der Waals surface area contributed by atoms with Crippen molar-refractivity contribution < 1.29 is 19.1 Å². The van der Waals surface area contributed by atoms with Crippen molar-refractivity contribution in [3.8, 4) is 0 Å². The minimum absolute atomic E-state index is 0.0345. The molecule has 0 aromatic heterocycles. The van der Waals surface area contributed by atoms with E-state index in [0.717, 1.165) is 25.9 Å². The van der Waals surface area contributed by atoms with Gasteiger partial charge in [-0.25, -0.2) is 0 Å². The van der Waals surface area contributed by atoms with Crippen LogP contribution in [0.3, 0.4) is 0 Å². The first-order chi connectivity index (χ1) is 11.3. The summed E-state index contributed by atoms with van der Waals surface area (Å²) < 4.78 is 11.4. The number of piperidine rings is 2. The van der Waals surface area contributed by atoms with Crippen LogP contribution in [0.1, 0.15) is 46.5 Å². The van der Waals surface area contributed by atoms with Crippen molar-refractivity contribution >= 4 is 11.8 Å². The van der Waals surface area contributed by atoms with E-state index in [0.29, 0.717) is 45.1 Å². The lowest BCUT2D eigenvalue weighted by Gasteiger charge is -2.42. The summed E-state index contributed by atoms with van der Waals surface area (Å²) in [6, 6.07) is 0. The third kappa shape index (κ3) is 3.31. The molecule has 0 aromatic carbocycles. The van der Waals surface area contributed by atoms with Crippen molar-refractivity contribution in [2.24, 2.45) is 11.3 Å². The lowest BCUT2D eigenvalue weighted by molar-refractivity contribution is -0.190. The predicted octanol–water partition coefficient (Wildman–Crippen LogP) is 1.64. The SMILES string of the molecule is CC1CCCN(C(=O)C(C)(C)C(=O)N2CCC3(CC2)OCCO3)C1. The molecule has 0 saturated carbocycles. The summed E-state index contributed by atoms with van der Waals surface area (Å²) in [4.78, 5) is 29.6. The Morgan fingerprint density at radius 2 is 1.58 bits per heavy atom. The minimum Gasteiger partial charge on any atom is -0.347 e. The van der Waals surface area contributed by atoms with E-state index in [1.54, 1.807) is 13.8 Å². The first kappa shape index (κ1) is 17.7. The number of carbonyl (C=O) groups excluding carboxylic acids is 2. The monoisotopic (exact) mass is 338 g/mol. The molecule has 0 bridgehead atoms. The maximum absolute atomic E-state index is 13.0. The lowest BCUT2D eigenvalue weighted by Crippen LogP contribution is -2.55. The second-order valence-corrected chi connectivity index (χ2v) is 8.02. The zero-order valence-electron chi connectivity index (χ0n) is 15.2. The third-order valence-corrected chi connectivity index (χ3v) is 5.64. The molecule has 0 N–H and O–H groups in total. The van der Waals surface area contributed by atoms with Crippen molar-refractivity contribution in [1.29, 1.82) is 0 Å². The van der Waals surface area contributed by atoms with Crippen molar-refractivity contribution in [2.75, 3.05) is 39.4 Å². The molecule has 6 heteroatoms. The second kappa shape index (κ2) is 6.64. The summed E-state index contributed by atoms with van der Waals surface area (Å²) in [5.74, 6) is -0.0841. The number of hydrogen-bond acceptors (Lipinski definition) is 4. The fraction of sp³-hybridized carbons (Fsp3) is 0.889. The maximum Gasteiger partial charge on any atom is 0.237 e. The average molecular weight is 338 g/mol. The summed E-state index contributed by atoms with van der Waals surface area (Å²) in [6.45, 7) is 9.67. The van der Waals surface area contributed by atoms with Crippen LogP contribution in [0.15, 0.2) is 0 Å². The van der Waals surface area contributed by atoms with Crippen LogP contribution in [0.2, 0.25) is 0 Å².